The Morgan fingerprint density at radius 1 is 1.05 bits per heavy atom. The number of anilines is 1. The molecule has 0 saturated carbocycles. The zero-order valence-corrected chi connectivity index (χ0v) is 21.8. The number of nitrogens with zero attached hydrogens (tertiary/aromatic N) is 3. The van der Waals surface area contributed by atoms with Crippen LogP contribution in [0.5, 0.6) is 0 Å². The molecule has 6 nitrogen and oxygen atoms in total. The first kappa shape index (κ1) is 25.5. The Bertz CT molecular complexity index is 1470. The van der Waals surface area contributed by atoms with E-state index in [2.05, 4.69) is 15.6 Å². The average molecular weight is 532 g/mol. The molecule has 1 aliphatic heterocycles. The van der Waals surface area contributed by atoms with Gasteiger partial charge in [0.2, 0.25) is 5.91 Å². The molecular weight excluding hydrogens is 504 g/mol. The molecule has 2 atom stereocenters. The minimum absolute atomic E-state index is 0.163. The molecule has 2 aromatic carbocycles. The van der Waals surface area contributed by atoms with E-state index in [1.54, 1.807) is 18.3 Å². The molecule has 194 valence electrons. The molecule has 1 aliphatic rings. The van der Waals surface area contributed by atoms with Crippen molar-refractivity contribution in [1.82, 2.24) is 19.8 Å². The van der Waals surface area contributed by atoms with Gasteiger partial charge in [-0.3, -0.25) is 9.78 Å². The zero-order chi connectivity index (χ0) is 26.8. The first-order chi connectivity index (χ1) is 18.3. The standard InChI is InChI=1S/C29H27F2N5OS/c1-18-17-22(19(2)36(18)25-9-4-3-7-23(25)31)28-27(24-8-5-6-15-32-24)34-29(38)35(28)16-14-26(37)33-21-12-10-20(30)11-13-21/h3-13,15,17,27-28H,14,16H2,1-2H3,(H,33,37)(H,34,38)/t27-,28-/m0/s1. The number of nitrogens with one attached hydrogen (secondary N) is 2. The lowest BCUT2D eigenvalue weighted by Crippen LogP contribution is -2.32. The SMILES string of the molecule is Cc1cc([C@H]2[C@H](c3ccccn3)NC(=S)N2CCC(=O)Nc2ccc(F)cc2)c(C)n1-c1ccccc1F. The third-order valence-corrected chi connectivity index (χ3v) is 7.14. The van der Waals surface area contributed by atoms with Crippen LogP contribution in [0.3, 0.4) is 0 Å². The van der Waals surface area contributed by atoms with Gasteiger partial charge in [-0.1, -0.05) is 18.2 Å². The van der Waals surface area contributed by atoms with Gasteiger partial charge in [0.25, 0.3) is 0 Å². The number of para-hydroxylation sites is 1. The molecule has 0 aliphatic carbocycles. The Kier molecular flexibility index (Phi) is 7.20. The molecule has 2 aromatic heterocycles. The predicted molar refractivity (Wildman–Crippen MR) is 147 cm³/mol. The van der Waals surface area contributed by atoms with Crippen molar-refractivity contribution in [3.63, 3.8) is 0 Å². The van der Waals surface area contributed by atoms with Crippen molar-refractivity contribution in [2.75, 3.05) is 11.9 Å². The molecule has 0 spiro atoms. The van der Waals surface area contributed by atoms with Gasteiger partial charge in [-0.15, -0.1) is 0 Å². The lowest BCUT2D eigenvalue weighted by Gasteiger charge is -2.28. The Morgan fingerprint density at radius 2 is 1.79 bits per heavy atom. The number of benzene rings is 2. The number of amides is 1. The van der Waals surface area contributed by atoms with Crippen LogP contribution in [0.25, 0.3) is 5.69 Å². The van der Waals surface area contributed by atoms with Crippen molar-refractivity contribution in [3.8, 4) is 5.69 Å². The molecule has 1 saturated heterocycles. The van der Waals surface area contributed by atoms with Crippen LogP contribution in [0, 0.1) is 25.5 Å². The highest BCUT2D eigenvalue weighted by Crippen LogP contribution is 2.41. The van der Waals surface area contributed by atoms with Crippen LogP contribution < -0.4 is 10.6 Å². The molecule has 3 heterocycles. The highest BCUT2D eigenvalue weighted by Gasteiger charge is 2.41. The number of carbonyl (C=O) groups is 1. The Morgan fingerprint density at radius 3 is 2.50 bits per heavy atom. The zero-order valence-electron chi connectivity index (χ0n) is 21.0. The summed E-state index contributed by atoms with van der Waals surface area (Å²) in [6.45, 7) is 4.25. The summed E-state index contributed by atoms with van der Waals surface area (Å²) in [4.78, 5) is 19.3. The van der Waals surface area contributed by atoms with E-state index in [4.69, 9.17) is 12.2 Å². The summed E-state index contributed by atoms with van der Waals surface area (Å²) in [6, 6.07) is 19.5. The fraction of sp³-hybridized carbons (Fsp3) is 0.207. The van der Waals surface area contributed by atoms with Crippen LogP contribution >= 0.6 is 12.2 Å². The van der Waals surface area contributed by atoms with Crippen LogP contribution in [0.2, 0.25) is 0 Å². The number of hydrogen-bond acceptors (Lipinski definition) is 3. The summed E-state index contributed by atoms with van der Waals surface area (Å²) in [7, 11) is 0. The number of halogens is 2. The minimum Gasteiger partial charge on any atom is -0.352 e. The third-order valence-electron chi connectivity index (χ3n) is 6.79. The molecule has 1 amide bonds. The molecule has 4 aromatic rings. The van der Waals surface area contributed by atoms with Crippen molar-refractivity contribution >= 4 is 28.9 Å². The molecule has 0 unspecified atom stereocenters. The smallest absolute Gasteiger partial charge is 0.226 e. The second-order valence-corrected chi connectivity index (χ2v) is 9.63. The maximum atomic E-state index is 14.8. The van der Waals surface area contributed by atoms with E-state index in [1.807, 2.05) is 53.6 Å². The molecule has 38 heavy (non-hydrogen) atoms. The molecular formula is C29H27F2N5OS. The molecule has 5 rings (SSSR count). The van der Waals surface area contributed by atoms with Gasteiger partial charge in [0.1, 0.15) is 11.6 Å². The Hall–Kier alpha value is -4.11. The molecule has 0 radical (unpaired) electrons. The summed E-state index contributed by atoms with van der Waals surface area (Å²) in [5.41, 5.74) is 4.54. The number of rotatable bonds is 7. The van der Waals surface area contributed by atoms with Gasteiger partial charge >= 0.3 is 0 Å². The molecule has 9 heteroatoms. The van der Waals surface area contributed by atoms with E-state index in [0.717, 1.165) is 22.6 Å². The van der Waals surface area contributed by atoms with Crippen molar-refractivity contribution in [3.05, 3.63) is 113 Å². The van der Waals surface area contributed by atoms with Crippen LogP contribution in [0.1, 0.15) is 41.1 Å². The van der Waals surface area contributed by atoms with Crippen LogP contribution in [0.15, 0.2) is 79.0 Å². The highest BCUT2D eigenvalue weighted by molar-refractivity contribution is 7.80. The fourth-order valence-corrected chi connectivity index (χ4v) is 5.39. The van der Waals surface area contributed by atoms with E-state index < -0.39 is 0 Å². The predicted octanol–water partition coefficient (Wildman–Crippen LogP) is 5.77. The second-order valence-electron chi connectivity index (χ2n) is 9.24. The number of hydrogen-bond donors (Lipinski definition) is 2. The maximum Gasteiger partial charge on any atom is 0.226 e. The first-order valence-corrected chi connectivity index (χ1v) is 12.7. The number of carbonyl (C=O) groups excluding carboxylic acids is 1. The van der Waals surface area contributed by atoms with Crippen LogP contribution in [-0.2, 0) is 4.79 Å². The Labute approximate surface area is 225 Å². The summed E-state index contributed by atoms with van der Waals surface area (Å²) >= 11 is 5.73. The van der Waals surface area contributed by atoms with Gasteiger partial charge < -0.3 is 20.1 Å². The number of aromatic nitrogens is 2. The largest absolute Gasteiger partial charge is 0.352 e. The van der Waals surface area contributed by atoms with Gasteiger partial charge in [-0.2, -0.15) is 0 Å². The van der Waals surface area contributed by atoms with Crippen molar-refractivity contribution in [1.29, 1.82) is 0 Å². The summed E-state index contributed by atoms with van der Waals surface area (Å²) in [5, 5.41) is 6.71. The van der Waals surface area contributed by atoms with E-state index >= 15 is 0 Å². The third kappa shape index (κ3) is 5.02. The average Bonchev–Trinajstić information content (AvgIpc) is 3.39. The minimum atomic E-state index is -0.368. The van der Waals surface area contributed by atoms with Gasteiger partial charge in [0.05, 0.1) is 23.5 Å². The van der Waals surface area contributed by atoms with Gasteiger partial charge in [-0.05, 0) is 86.2 Å². The number of pyridine rings is 1. The van der Waals surface area contributed by atoms with Crippen molar-refractivity contribution in [2.45, 2.75) is 32.4 Å². The summed E-state index contributed by atoms with van der Waals surface area (Å²) in [5.74, 6) is -0.888. The fourth-order valence-electron chi connectivity index (χ4n) is 5.05. The normalized spacial score (nSPS) is 16.9. The Balaban J connectivity index is 1.47. The van der Waals surface area contributed by atoms with E-state index in [9.17, 15) is 13.6 Å². The number of thiocarbonyl (C=S) groups is 1. The van der Waals surface area contributed by atoms with Crippen molar-refractivity contribution in [2.24, 2.45) is 0 Å². The van der Waals surface area contributed by atoms with E-state index in [-0.39, 0.29) is 36.0 Å². The van der Waals surface area contributed by atoms with Gasteiger partial charge in [-0.25, -0.2) is 8.78 Å². The monoisotopic (exact) mass is 531 g/mol. The summed E-state index contributed by atoms with van der Waals surface area (Å²) < 4.78 is 29.9. The van der Waals surface area contributed by atoms with Gasteiger partial charge in [0.15, 0.2) is 5.11 Å². The van der Waals surface area contributed by atoms with Crippen LogP contribution in [0.4, 0.5) is 14.5 Å². The van der Waals surface area contributed by atoms with Gasteiger partial charge in [0, 0.05) is 36.2 Å². The highest BCUT2D eigenvalue weighted by atomic mass is 32.1. The first-order valence-electron chi connectivity index (χ1n) is 12.3. The van der Waals surface area contributed by atoms with Crippen LogP contribution in [-0.4, -0.2) is 32.0 Å². The lowest BCUT2D eigenvalue weighted by atomic mass is 9.96. The quantitative estimate of drug-likeness (QED) is 0.297. The van der Waals surface area contributed by atoms with E-state index in [1.165, 1.54) is 30.3 Å². The maximum absolute atomic E-state index is 14.8. The van der Waals surface area contributed by atoms with E-state index in [0.29, 0.717) is 23.0 Å². The topological polar surface area (TPSA) is 62.2 Å². The molecule has 2 N–H and O–H groups in total. The second kappa shape index (κ2) is 10.7. The molecule has 1 fully saturated rings. The van der Waals surface area contributed by atoms with Crippen molar-refractivity contribution < 1.29 is 13.6 Å². The summed E-state index contributed by atoms with van der Waals surface area (Å²) in [6.07, 6.45) is 1.90. The number of aryl methyl sites for hydroxylation is 1. The molecule has 0 bridgehead atoms. The lowest BCUT2D eigenvalue weighted by molar-refractivity contribution is -0.116.